The van der Waals surface area contributed by atoms with Gasteiger partial charge in [0.2, 0.25) is 0 Å². The van der Waals surface area contributed by atoms with Crippen molar-refractivity contribution in [3.05, 3.63) is 70.8 Å². The Balaban J connectivity index is 1.62. The van der Waals surface area contributed by atoms with Crippen LogP contribution in [-0.4, -0.2) is 31.3 Å². The average Bonchev–Trinajstić information content (AvgIpc) is 2.59. The fourth-order valence-corrected chi connectivity index (χ4v) is 4.68. The predicted octanol–water partition coefficient (Wildman–Crippen LogP) is 2.37. The molecule has 0 aromatic heterocycles. The zero-order valence-corrected chi connectivity index (χ0v) is 14.2. The van der Waals surface area contributed by atoms with E-state index in [1.807, 2.05) is 24.3 Å². The highest BCUT2D eigenvalue weighted by Gasteiger charge is 2.43. The summed E-state index contributed by atoms with van der Waals surface area (Å²) >= 11 is 0. The number of carbonyl (C=O) groups excluding carboxylic acids is 1. The Morgan fingerprint density at radius 2 is 1.52 bits per heavy atom. The van der Waals surface area contributed by atoms with Gasteiger partial charge in [0.25, 0.3) is 0 Å². The van der Waals surface area contributed by atoms with Crippen LogP contribution in [0.2, 0.25) is 0 Å². The van der Waals surface area contributed by atoms with Gasteiger partial charge in [0.05, 0.1) is 6.61 Å². The lowest BCUT2D eigenvalue weighted by Gasteiger charge is -2.45. The van der Waals surface area contributed by atoms with Crippen LogP contribution in [0.25, 0.3) is 0 Å². The van der Waals surface area contributed by atoms with Crippen LogP contribution in [0.15, 0.2) is 48.5 Å². The molecule has 130 valence electrons. The SMILES string of the molecule is O=C(CS(=O)(=O)[O-])OCC1CC2c3ccccc3C1c1ccccc12. The van der Waals surface area contributed by atoms with Gasteiger partial charge in [0, 0.05) is 17.8 Å². The molecule has 0 amide bonds. The monoisotopic (exact) mass is 357 g/mol. The second-order valence-corrected chi connectivity index (χ2v) is 8.07. The van der Waals surface area contributed by atoms with E-state index in [1.54, 1.807) is 0 Å². The third-order valence-electron chi connectivity index (χ3n) is 5.18. The quantitative estimate of drug-likeness (QED) is 0.620. The number of carbonyl (C=O) groups is 1. The van der Waals surface area contributed by atoms with Crippen molar-refractivity contribution in [1.29, 1.82) is 0 Å². The third kappa shape index (κ3) is 2.96. The smallest absolute Gasteiger partial charge is 0.319 e. The van der Waals surface area contributed by atoms with Gasteiger partial charge >= 0.3 is 5.97 Å². The summed E-state index contributed by atoms with van der Waals surface area (Å²) in [6.45, 7) is 0.123. The predicted molar refractivity (Wildman–Crippen MR) is 90.2 cm³/mol. The lowest BCUT2D eigenvalue weighted by molar-refractivity contribution is -0.142. The van der Waals surface area contributed by atoms with Crippen LogP contribution in [0.3, 0.4) is 0 Å². The van der Waals surface area contributed by atoms with Crippen molar-refractivity contribution in [1.82, 2.24) is 0 Å². The van der Waals surface area contributed by atoms with Gasteiger partial charge in [-0.2, -0.15) is 0 Å². The molecule has 3 aliphatic carbocycles. The number of ether oxygens (including phenoxy) is 1. The standard InChI is InChI=1S/C19H18O5S/c20-18(11-25(21,22)23)24-10-12-9-17-13-5-1-3-7-15(13)19(12)16-8-4-2-6-14(16)17/h1-8,12,17,19H,9-11H2,(H,21,22,23)/p-1. The Morgan fingerprint density at radius 3 is 2.04 bits per heavy atom. The lowest BCUT2D eigenvalue weighted by atomic mass is 9.59. The van der Waals surface area contributed by atoms with E-state index in [4.69, 9.17) is 4.74 Å². The molecule has 0 aliphatic heterocycles. The second-order valence-electron chi connectivity index (χ2n) is 6.67. The summed E-state index contributed by atoms with van der Waals surface area (Å²) < 4.78 is 37.2. The molecule has 0 saturated heterocycles. The molecular weight excluding hydrogens is 340 g/mol. The van der Waals surface area contributed by atoms with E-state index in [2.05, 4.69) is 24.3 Å². The Bertz CT molecular complexity index is 887. The normalized spacial score (nSPS) is 23.6. The molecule has 0 radical (unpaired) electrons. The summed E-state index contributed by atoms with van der Waals surface area (Å²) in [6.07, 6.45) is 0.843. The van der Waals surface area contributed by atoms with Crippen molar-refractivity contribution in [2.45, 2.75) is 18.3 Å². The molecule has 2 aromatic rings. The molecule has 0 spiro atoms. The zero-order valence-electron chi connectivity index (χ0n) is 13.4. The van der Waals surface area contributed by atoms with Crippen LogP contribution in [0.5, 0.6) is 0 Å². The molecule has 5 rings (SSSR count). The van der Waals surface area contributed by atoms with Gasteiger partial charge in [0.15, 0.2) is 0 Å². The molecule has 0 heterocycles. The molecule has 0 N–H and O–H groups in total. The molecule has 5 nitrogen and oxygen atoms in total. The highest BCUT2D eigenvalue weighted by molar-refractivity contribution is 7.86. The first-order valence-electron chi connectivity index (χ1n) is 8.21. The van der Waals surface area contributed by atoms with Crippen LogP contribution in [0, 0.1) is 5.92 Å². The molecule has 0 fully saturated rings. The fraction of sp³-hybridized carbons (Fsp3) is 0.316. The maximum Gasteiger partial charge on any atom is 0.319 e. The van der Waals surface area contributed by atoms with Gasteiger partial charge in [-0.3, -0.25) is 4.79 Å². The van der Waals surface area contributed by atoms with Crippen molar-refractivity contribution in [3.63, 3.8) is 0 Å². The third-order valence-corrected chi connectivity index (χ3v) is 5.77. The Labute approximate surface area is 146 Å². The molecule has 6 heteroatoms. The number of benzene rings is 2. The summed E-state index contributed by atoms with van der Waals surface area (Å²) in [5, 5.41) is 0. The molecule has 2 bridgehead atoms. The van der Waals surface area contributed by atoms with Crippen LogP contribution in [0.4, 0.5) is 0 Å². The minimum absolute atomic E-state index is 0.0770. The van der Waals surface area contributed by atoms with E-state index in [9.17, 15) is 17.8 Å². The zero-order chi connectivity index (χ0) is 17.6. The Morgan fingerprint density at radius 1 is 1.00 bits per heavy atom. The van der Waals surface area contributed by atoms with E-state index in [0.717, 1.165) is 6.42 Å². The number of esters is 1. The van der Waals surface area contributed by atoms with Crippen molar-refractivity contribution in [3.8, 4) is 0 Å². The summed E-state index contributed by atoms with van der Waals surface area (Å²) in [4.78, 5) is 11.6. The van der Waals surface area contributed by atoms with Gasteiger partial charge in [-0.1, -0.05) is 48.5 Å². The van der Waals surface area contributed by atoms with Crippen molar-refractivity contribution in [2.75, 3.05) is 12.4 Å². The molecule has 2 aromatic carbocycles. The maximum absolute atomic E-state index is 11.6. The van der Waals surface area contributed by atoms with Crippen LogP contribution in [0.1, 0.15) is 40.5 Å². The molecule has 3 aliphatic rings. The molecule has 1 unspecified atom stereocenters. The van der Waals surface area contributed by atoms with Gasteiger partial charge in [-0.15, -0.1) is 0 Å². The topological polar surface area (TPSA) is 83.5 Å². The molecular formula is C19H17O5S-. The molecule has 0 saturated carbocycles. The van der Waals surface area contributed by atoms with E-state index >= 15 is 0 Å². The van der Waals surface area contributed by atoms with Crippen LogP contribution >= 0.6 is 0 Å². The number of hydrogen-bond donors (Lipinski definition) is 0. The largest absolute Gasteiger partial charge is 0.748 e. The maximum atomic E-state index is 11.6. The number of hydrogen-bond acceptors (Lipinski definition) is 5. The van der Waals surface area contributed by atoms with Crippen molar-refractivity contribution < 1.29 is 22.5 Å². The van der Waals surface area contributed by atoms with Gasteiger partial charge in [-0.25, -0.2) is 8.42 Å². The second kappa shape index (κ2) is 5.97. The minimum atomic E-state index is -4.61. The first-order chi connectivity index (χ1) is 11.9. The summed E-state index contributed by atoms with van der Waals surface area (Å²) in [7, 11) is -4.61. The lowest BCUT2D eigenvalue weighted by Crippen LogP contribution is -2.35. The first kappa shape index (κ1) is 16.3. The molecule has 25 heavy (non-hydrogen) atoms. The summed E-state index contributed by atoms with van der Waals surface area (Å²) in [5.41, 5.74) is 5.12. The summed E-state index contributed by atoms with van der Waals surface area (Å²) in [6, 6.07) is 16.6. The van der Waals surface area contributed by atoms with Crippen LogP contribution < -0.4 is 0 Å². The average molecular weight is 357 g/mol. The summed E-state index contributed by atoms with van der Waals surface area (Å²) in [5.74, 6) is -1.63. The Kier molecular flexibility index (Phi) is 3.89. The van der Waals surface area contributed by atoms with Crippen molar-refractivity contribution in [2.24, 2.45) is 5.92 Å². The van der Waals surface area contributed by atoms with E-state index in [1.165, 1.54) is 22.3 Å². The van der Waals surface area contributed by atoms with E-state index < -0.39 is 21.8 Å². The highest BCUT2D eigenvalue weighted by Crippen LogP contribution is 2.55. The first-order valence-corrected chi connectivity index (χ1v) is 9.78. The van der Waals surface area contributed by atoms with Gasteiger partial charge in [0.1, 0.15) is 15.9 Å². The molecule has 1 atom stereocenters. The number of fused-ring (bicyclic) bond motifs is 1. The van der Waals surface area contributed by atoms with E-state index in [-0.39, 0.29) is 24.4 Å². The van der Waals surface area contributed by atoms with E-state index in [0.29, 0.717) is 0 Å². The van der Waals surface area contributed by atoms with Gasteiger partial charge < -0.3 is 9.29 Å². The Hall–Kier alpha value is -2.18. The van der Waals surface area contributed by atoms with Gasteiger partial charge in [-0.05, 0) is 28.7 Å². The fourth-order valence-electron chi connectivity index (χ4n) is 4.31. The highest BCUT2D eigenvalue weighted by atomic mass is 32.2. The van der Waals surface area contributed by atoms with Crippen molar-refractivity contribution >= 4 is 16.1 Å². The number of rotatable bonds is 4. The van der Waals surface area contributed by atoms with Crippen LogP contribution in [-0.2, 0) is 19.6 Å². The minimum Gasteiger partial charge on any atom is -0.748 e.